The summed E-state index contributed by atoms with van der Waals surface area (Å²) in [6.45, 7) is 2.11. The van der Waals surface area contributed by atoms with E-state index in [1.165, 1.54) is 42.1 Å². The Morgan fingerprint density at radius 3 is 2.45 bits per heavy atom. The van der Waals surface area contributed by atoms with Crippen molar-refractivity contribution in [3.8, 4) is 5.69 Å². The molecule has 0 aliphatic heterocycles. The maximum absolute atomic E-state index is 13.3. The minimum absolute atomic E-state index is 0.110. The van der Waals surface area contributed by atoms with Crippen LogP contribution >= 0.6 is 11.8 Å². The monoisotopic (exact) mass is 465 g/mol. The van der Waals surface area contributed by atoms with E-state index in [1.54, 1.807) is 18.2 Å². The average Bonchev–Trinajstić information content (AvgIpc) is 3.21. The Hall–Kier alpha value is -3.72. The summed E-state index contributed by atoms with van der Waals surface area (Å²) in [4.78, 5) is 12.3. The first kappa shape index (κ1) is 22.5. The molecule has 0 aliphatic carbocycles. The molecule has 4 aromatic rings. The summed E-state index contributed by atoms with van der Waals surface area (Å²) in [5.74, 6) is 0.402. The molecule has 1 heterocycles. The summed E-state index contributed by atoms with van der Waals surface area (Å²) in [5.41, 5.74) is 3.27. The van der Waals surface area contributed by atoms with Crippen LogP contribution in [0.5, 0.6) is 0 Å². The third-order valence-corrected chi connectivity index (χ3v) is 5.76. The van der Waals surface area contributed by atoms with Crippen LogP contribution < -0.4 is 10.6 Å². The highest BCUT2D eigenvalue weighted by atomic mass is 32.2. The molecular formula is C24H21F2N5OS. The van der Waals surface area contributed by atoms with Gasteiger partial charge in [0.25, 0.3) is 0 Å². The molecule has 9 heteroatoms. The van der Waals surface area contributed by atoms with E-state index in [2.05, 4.69) is 20.8 Å². The van der Waals surface area contributed by atoms with Gasteiger partial charge < -0.3 is 10.6 Å². The Morgan fingerprint density at radius 1 is 0.970 bits per heavy atom. The number of anilines is 1. The molecule has 2 amide bonds. The lowest BCUT2D eigenvalue weighted by atomic mass is 10.2. The Bertz CT molecular complexity index is 1240. The molecule has 6 nitrogen and oxygen atoms in total. The van der Waals surface area contributed by atoms with E-state index in [4.69, 9.17) is 0 Å². The maximum atomic E-state index is 13.3. The normalized spacial score (nSPS) is 10.8. The summed E-state index contributed by atoms with van der Waals surface area (Å²) in [7, 11) is 0. The molecule has 1 aromatic heterocycles. The van der Waals surface area contributed by atoms with Crippen LogP contribution in [0.15, 0.2) is 78.0 Å². The topological polar surface area (TPSA) is 71.8 Å². The lowest BCUT2D eigenvalue weighted by Gasteiger charge is -2.12. The van der Waals surface area contributed by atoms with Gasteiger partial charge in [-0.1, -0.05) is 47.7 Å². The van der Waals surface area contributed by atoms with Crippen LogP contribution in [-0.4, -0.2) is 20.8 Å². The van der Waals surface area contributed by atoms with Crippen molar-refractivity contribution in [3.63, 3.8) is 0 Å². The van der Waals surface area contributed by atoms with Gasteiger partial charge in [0.2, 0.25) is 0 Å². The zero-order chi connectivity index (χ0) is 23.2. The summed E-state index contributed by atoms with van der Waals surface area (Å²) < 4.78 is 28.4. The molecule has 0 radical (unpaired) electrons. The number of carbonyl (C=O) groups is 1. The van der Waals surface area contributed by atoms with E-state index < -0.39 is 11.8 Å². The lowest BCUT2D eigenvalue weighted by Crippen LogP contribution is -2.29. The molecule has 0 atom stereocenters. The van der Waals surface area contributed by atoms with Gasteiger partial charge in [-0.25, -0.2) is 13.6 Å². The number of aryl methyl sites for hydroxylation is 1. The van der Waals surface area contributed by atoms with Crippen LogP contribution in [0.4, 0.5) is 19.3 Å². The fourth-order valence-corrected chi connectivity index (χ4v) is 4.02. The maximum Gasteiger partial charge on any atom is 0.319 e. The number of rotatable bonds is 7. The van der Waals surface area contributed by atoms with E-state index in [0.717, 1.165) is 16.8 Å². The third kappa shape index (κ3) is 5.95. The zero-order valence-corrected chi connectivity index (χ0v) is 18.6. The Kier molecular flexibility index (Phi) is 6.99. The summed E-state index contributed by atoms with van der Waals surface area (Å²) in [6, 6.07) is 19.4. The molecule has 3 aromatic carbocycles. The largest absolute Gasteiger partial charge is 0.331 e. The molecule has 0 spiro atoms. The van der Waals surface area contributed by atoms with Gasteiger partial charge in [-0.05, 0) is 55.0 Å². The van der Waals surface area contributed by atoms with Gasteiger partial charge in [0.05, 0.1) is 6.54 Å². The number of amides is 2. The number of thioether (sulfide) groups is 1. The van der Waals surface area contributed by atoms with Gasteiger partial charge in [0.15, 0.2) is 11.0 Å². The van der Waals surface area contributed by atoms with Crippen molar-refractivity contribution < 1.29 is 13.6 Å². The highest BCUT2D eigenvalue weighted by Gasteiger charge is 2.16. The second-order valence-corrected chi connectivity index (χ2v) is 8.25. The molecule has 168 valence electrons. The third-order valence-electron chi connectivity index (χ3n) is 4.76. The number of carbonyl (C=O) groups excluding carboxylic acids is 1. The molecule has 33 heavy (non-hydrogen) atoms. The lowest BCUT2D eigenvalue weighted by molar-refractivity contribution is 0.251. The molecule has 0 saturated carbocycles. The fraction of sp³-hybridized carbons (Fsp3) is 0.125. The molecule has 0 saturated heterocycles. The first-order valence-electron chi connectivity index (χ1n) is 10.2. The number of nitrogens with one attached hydrogen (secondary N) is 2. The minimum atomic E-state index is -0.487. The van der Waals surface area contributed by atoms with Crippen LogP contribution in [0.2, 0.25) is 0 Å². The highest BCUT2D eigenvalue weighted by molar-refractivity contribution is 7.98. The van der Waals surface area contributed by atoms with Gasteiger partial charge in [0.1, 0.15) is 11.6 Å². The highest BCUT2D eigenvalue weighted by Crippen LogP contribution is 2.25. The predicted octanol–water partition coefficient (Wildman–Crippen LogP) is 5.47. The summed E-state index contributed by atoms with van der Waals surface area (Å²) >= 11 is 1.46. The fourth-order valence-electron chi connectivity index (χ4n) is 3.09. The van der Waals surface area contributed by atoms with Gasteiger partial charge >= 0.3 is 6.03 Å². The molecule has 0 fully saturated rings. The van der Waals surface area contributed by atoms with Gasteiger partial charge in [-0.2, -0.15) is 0 Å². The van der Waals surface area contributed by atoms with Gasteiger partial charge in [-0.3, -0.25) is 4.57 Å². The minimum Gasteiger partial charge on any atom is -0.331 e. The summed E-state index contributed by atoms with van der Waals surface area (Å²) in [5, 5.41) is 14.5. The van der Waals surface area contributed by atoms with Crippen molar-refractivity contribution in [2.24, 2.45) is 0 Å². The first-order valence-corrected chi connectivity index (χ1v) is 11.2. The number of nitrogens with zero attached hydrogens (tertiary/aromatic N) is 3. The number of benzene rings is 3. The van der Waals surface area contributed by atoms with E-state index in [1.807, 2.05) is 35.8 Å². The van der Waals surface area contributed by atoms with Crippen molar-refractivity contribution in [2.45, 2.75) is 24.4 Å². The molecule has 0 bridgehead atoms. The van der Waals surface area contributed by atoms with Crippen LogP contribution in [-0.2, 0) is 12.3 Å². The molecule has 0 unspecified atom stereocenters. The van der Waals surface area contributed by atoms with Crippen molar-refractivity contribution in [1.29, 1.82) is 0 Å². The smallest absolute Gasteiger partial charge is 0.319 e. The van der Waals surface area contributed by atoms with Crippen LogP contribution in [0.1, 0.15) is 17.0 Å². The van der Waals surface area contributed by atoms with Crippen molar-refractivity contribution >= 4 is 23.5 Å². The average molecular weight is 466 g/mol. The predicted molar refractivity (Wildman–Crippen MR) is 124 cm³/mol. The molecular weight excluding hydrogens is 444 g/mol. The van der Waals surface area contributed by atoms with Gasteiger partial charge in [0, 0.05) is 17.1 Å². The second kappa shape index (κ2) is 10.3. The van der Waals surface area contributed by atoms with E-state index in [-0.39, 0.29) is 12.4 Å². The number of urea groups is 1. The van der Waals surface area contributed by atoms with Crippen LogP contribution in [0.25, 0.3) is 5.69 Å². The van der Waals surface area contributed by atoms with Crippen molar-refractivity contribution in [1.82, 2.24) is 20.1 Å². The van der Waals surface area contributed by atoms with E-state index >= 15 is 0 Å². The Balaban J connectivity index is 1.51. The van der Waals surface area contributed by atoms with E-state index in [9.17, 15) is 13.6 Å². The number of hydrogen-bond donors (Lipinski definition) is 2. The first-order chi connectivity index (χ1) is 16.0. The zero-order valence-electron chi connectivity index (χ0n) is 17.8. The number of hydrogen-bond acceptors (Lipinski definition) is 4. The standard InChI is InChI=1S/C24H21F2N5OS/c1-16-5-11-21(12-6-16)31-22(14-27-23(32)28-20-4-2-3-19(26)13-20)29-30-24(31)33-15-17-7-9-18(25)10-8-17/h2-13H,14-15H2,1H3,(H2,27,28,32). The van der Waals surface area contributed by atoms with Gasteiger partial charge in [-0.15, -0.1) is 10.2 Å². The summed E-state index contributed by atoms with van der Waals surface area (Å²) in [6.07, 6.45) is 0. The molecule has 2 N–H and O–H groups in total. The number of aromatic nitrogens is 3. The molecule has 0 aliphatic rings. The quantitative estimate of drug-likeness (QED) is 0.355. The van der Waals surface area contributed by atoms with E-state index in [0.29, 0.717) is 22.4 Å². The van der Waals surface area contributed by atoms with Crippen molar-refractivity contribution in [3.05, 3.63) is 101 Å². The Labute approximate surface area is 194 Å². The Morgan fingerprint density at radius 2 is 1.73 bits per heavy atom. The second-order valence-electron chi connectivity index (χ2n) is 7.30. The van der Waals surface area contributed by atoms with Crippen LogP contribution in [0.3, 0.4) is 0 Å². The number of halogens is 2. The van der Waals surface area contributed by atoms with Crippen molar-refractivity contribution in [2.75, 3.05) is 5.32 Å². The molecule has 4 rings (SSSR count). The SMILES string of the molecule is Cc1ccc(-n2c(CNC(=O)Nc3cccc(F)c3)nnc2SCc2ccc(F)cc2)cc1. The van der Waals surface area contributed by atoms with Crippen LogP contribution in [0, 0.1) is 18.6 Å².